The molecule has 0 bridgehead atoms. The lowest BCUT2D eigenvalue weighted by molar-refractivity contribution is -0.142. The zero-order valence-electron chi connectivity index (χ0n) is 9.56. The van der Waals surface area contributed by atoms with Gasteiger partial charge in [-0.1, -0.05) is 0 Å². The van der Waals surface area contributed by atoms with Crippen LogP contribution in [0.5, 0.6) is 0 Å². The van der Waals surface area contributed by atoms with Gasteiger partial charge >= 0.3 is 5.97 Å². The molecule has 1 rings (SSSR count). The highest BCUT2D eigenvalue weighted by Crippen LogP contribution is 2.08. The number of nitrogens with one attached hydrogen (secondary N) is 2. The van der Waals surface area contributed by atoms with E-state index in [1.165, 1.54) is 11.8 Å². The van der Waals surface area contributed by atoms with Gasteiger partial charge in [0.1, 0.15) is 12.1 Å². The maximum absolute atomic E-state index is 11.7. The number of carbonyl (C=O) groups excluding carboxylic acids is 2. The van der Waals surface area contributed by atoms with Crippen molar-refractivity contribution >= 4 is 29.5 Å². The first-order valence-corrected chi connectivity index (χ1v) is 6.75. The molecule has 0 aliphatic carbocycles. The molecule has 1 unspecified atom stereocenters. The predicted octanol–water partition coefficient (Wildman–Crippen LogP) is -0.412. The quantitative estimate of drug-likeness (QED) is 0.603. The number of thioether (sulfide) groups is 1. The molecule has 1 fully saturated rings. The summed E-state index contributed by atoms with van der Waals surface area (Å²) in [6.07, 6.45) is 3.00. The molecule has 7 heteroatoms. The number of amides is 2. The third kappa shape index (κ3) is 4.26. The Labute approximate surface area is 104 Å². The van der Waals surface area contributed by atoms with Gasteiger partial charge in [-0.15, -0.1) is 0 Å². The van der Waals surface area contributed by atoms with Crippen LogP contribution in [0.25, 0.3) is 0 Å². The van der Waals surface area contributed by atoms with Gasteiger partial charge < -0.3 is 15.7 Å². The molecule has 0 aromatic heterocycles. The van der Waals surface area contributed by atoms with Crippen LogP contribution in [0.15, 0.2) is 0 Å². The molecule has 0 saturated carbocycles. The Hall–Kier alpha value is -1.24. The second kappa shape index (κ2) is 6.48. The Balaban J connectivity index is 2.46. The smallest absolute Gasteiger partial charge is 0.326 e. The van der Waals surface area contributed by atoms with E-state index in [0.717, 1.165) is 0 Å². The zero-order valence-corrected chi connectivity index (χ0v) is 10.4. The summed E-state index contributed by atoms with van der Waals surface area (Å²) < 4.78 is 0. The van der Waals surface area contributed by atoms with E-state index in [1.807, 2.05) is 6.26 Å². The monoisotopic (exact) mass is 260 g/mol. The first-order chi connectivity index (χ1) is 8.04. The van der Waals surface area contributed by atoms with Gasteiger partial charge in [0.15, 0.2) is 0 Å². The standard InChI is InChI=1S/C10H16N2O4S/c1-17-5-4-7(10(15)16)12-9(14)6-2-3-8(13)11-6/h6-7H,2-5H2,1H3,(H,11,13)(H,12,14)(H,15,16)/t6-,7?/m1/s1. The first-order valence-electron chi connectivity index (χ1n) is 5.36. The second-order valence-electron chi connectivity index (χ2n) is 3.84. The number of hydrogen-bond acceptors (Lipinski definition) is 4. The molecule has 1 aliphatic heterocycles. The van der Waals surface area contributed by atoms with Crippen LogP contribution < -0.4 is 10.6 Å². The Morgan fingerprint density at radius 2 is 2.35 bits per heavy atom. The van der Waals surface area contributed by atoms with Crippen LogP contribution >= 0.6 is 11.8 Å². The van der Waals surface area contributed by atoms with Crippen LogP contribution in [0.3, 0.4) is 0 Å². The highest BCUT2D eigenvalue weighted by molar-refractivity contribution is 7.98. The highest BCUT2D eigenvalue weighted by Gasteiger charge is 2.30. The van der Waals surface area contributed by atoms with Crippen molar-refractivity contribution in [2.45, 2.75) is 31.3 Å². The number of carboxylic acids is 1. The van der Waals surface area contributed by atoms with Crippen molar-refractivity contribution in [2.24, 2.45) is 0 Å². The number of hydrogen-bond donors (Lipinski definition) is 3. The minimum atomic E-state index is -1.04. The number of carbonyl (C=O) groups is 3. The third-order valence-electron chi connectivity index (χ3n) is 2.54. The van der Waals surface area contributed by atoms with E-state index in [0.29, 0.717) is 25.0 Å². The SMILES string of the molecule is CSCCC(NC(=O)[C@H]1CCC(=O)N1)C(=O)O. The number of carboxylic acid groups (broad SMARTS) is 1. The van der Waals surface area contributed by atoms with E-state index >= 15 is 0 Å². The van der Waals surface area contributed by atoms with E-state index in [9.17, 15) is 14.4 Å². The summed E-state index contributed by atoms with van der Waals surface area (Å²) in [5.74, 6) is -0.962. The average molecular weight is 260 g/mol. The second-order valence-corrected chi connectivity index (χ2v) is 4.83. The summed E-state index contributed by atoms with van der Waals surface area (Å²) in [4.78, 5) is 33.5. The van der Waals surface area contributed by atoms with Gasteiger partial charge in [-0.2, -0.15) is 11.8 Å². The largest absolute Gasteiger partial charge is 0.480 e. The lowest BCUT2D eigenvalue weighted by Gasteiger charge is -2.16. The van der Waals surface area contributed by atoms with E-state index in [1.54, 1.807) is 0 Å². The lowest BCUT2D eigenvalue weighted by atomic mass is 10.1. The van der Waals surface area contributed by atoms with Gasteiger partial charge in [0, 0.05) is 6.42 Å². The molecule has 1 aliphatic rings. The van der Waals surface area contributed by atoms with Crippen molar-refractivity contribution < 1.29 is 19.5 Å². The summed E-state index contributed by atoms with van der Waals surface area (Å²) in [6, 6.07) is -1.47. The Bertz CT molecular complexity index is 321. The van der Waals surface area contributed by atoms with Gasteiger partial charge in [0.25, 0.3) is 0 Å². The highest BCUT2D eigenvalue weighted by atomic mass is 32.2. The minimum absolute atomic E-state index is 0.166. The van der Waals surface area contributed by atoms with E-state index < -0.39 is 24.0 Å². The topological polar surface area (TPSA) is 95.5 Å². The van der Waals surface area contributed by atoms with Crippen molar-refractivity contribution in [1.29, 1.82) is 0 Å². The van der Waals surface area contributed by atoms with Crippen molar-refractivity contribution in [3.63, 3.8) is 0 Å². The fourth-order valence-corrected chi connectivity index (χ4v) is 2.05. The summed E-state index contributed by atoms with van der Waals surface area (Å²) in [5.41, 5.74) is 0. The average Bonchev–Trinajstić information content (AvgIpc) is 2.70. The van der Waals surface area contributed by atoms with Crippen molar-refractivity contribution in [1.82, 2.24) is 10.6 Å². The van der Waals surface area contributed by atoms with E-state index in [-0.39, 0.29) is 5.91 Å². The van der Waals surface area contributed by atoms with E-state index in [2.05, 4.69) is 10.6 Å². The number of aliphatic carboxylic acids is 1. The minimum Gasteiger partial charge on any atom is -0.480 e. The molecule has 96 valence electrons. The van der Waals surface area contributed by atoms with Crippen LogP contribution in [0, 0.1) is 0 Å². The van der Waals surface area contributed by atoms with Crippen LogP contribution in [0.4, 0.5) is 0 Å². The molecule has 3 N–H and O–H groups in total. The van der Waals surface area contributed by atoms with Crippen LogP contribution in [0.2, 0.25) is 0 Å². The molecule has 2 amide bonds. The van der Waals surface area contributed by atoms with Crippen molar-refractivity contribution in [2.75, 3.05) is 12.0 Å². The summed E-state index contributed by atoms with van der Waals surface area (Å²) in [5, 5.41) is 13.9. The van der Waals surface area contributed by atoms with Crippen LogP contribution in [-0.2, 0) is 14.4 Å². The summed E-state index contributed by atoms with van der Waals surface area (Å²) in [6.45, 7) is 0. The van der Waals surface area contributed by atoms with Crippen molar-refractivity contribution in [3.8, 4) is 0 Å². The van der Waals surface area contributed by atoms with Crippen LogP contribution in [-0.4, -0.2) is 47.0 Å². The van der Waals surface area contributed by atoms with Gasteiger partial charge in [0.05, 0.1) is 0 Å². The Morgan fingerprint density at radius 1 is 1.65 bits per heavy atom. The first kappa shape index (κ1) is 13.8. The van der Waals surface area contributed by atoms with Crippen LogP contribution in [0.1, 0.15) is 19.3 Å². The fourth-order valence-electron chi connectivity index (χ4n) is 1.58. The van der Waals surface area contributed by atoms with Crippen molar-refractivity contribution in [3.05, 3.63) is 0 Å². The molecule has 6 nitrogen and oxygen atoms in total. The molecule has 2 atom stereocenters. The van der Waals surface area contributed by atoms with Gasteiger partial charge in [-0.3, -0.25) is 9.59 Å². The van der Waals surface area contributed by atoms with Gasteiger partial charge in [0.2, 0.25) is 11.8 Å². The molecule has 1 saturated heterocycles. The maximum atomic E-state index is 11.7. The molecule has 0 radical (unpaired) electrons. The summed E-state index contributed by atoms with van der Waals surface area (Å²) >= 11 is 1.52. The Morgan fingerprint density at radius 3 is 2.82 bits per heavy atom. The number of rotatable bonds is 6. The summed E-state index contributed by atoms with van der Waals surface area (Å²) in [7, 11) is 0. The predicted molar refractivity (Wildman–Crippen MR) is 63.7 cm³/mol. The molecule has 0 spiro atoms. The molecular formula is C10H16N2O4S. The van der Waals surface area contributed by atoms with Gasteiger partial charge in [-0.25, -0.2) is 4.79 Å². The normalized spacial score (nSPS) is 20.8. The fraction of sp³-hybridized carbons (Fsp3) is 0.700. The van der Waals surface area contributed by atoms with Gasteiger partial charge in [-0.05, 0) is 24.9 Å². The Kier molecular flexibility index (Phi) is 5.27. The molecule has 1 heterocycles. The zero-order chi connectivity index (χ0) is 12.8. The lowest BCUT2D eigenvalue weighted by Crippen LogP contribution is -2.48. The molecule has 0 aromatic carbocycles. The molecular weight excluding hydrogens is 244 g/mol. The molecule has 0 aromatic rings. The maximum Gasteiger partial charge on any atom is 0.326 e. The molecule has 17 heavy (non-hydrogen) atoms. The third-order valence-corrected chi connectivity index (χ3v) is 3.18. The van der Waals surface area contributed by atoms with E-state index in [4.69, 9.17) is 5.11 Å².